The fourth-order valence-electron chi connectivity index (χ4n) is 1.77. The van der Waals surface area contributed by atoms with E-state index in [4.69, 9.17) is 16.3 Å². The minimum Gasteiger partial charge on any atom is -0.452 e. The average molecular weight is 371 g/mol. The van der Waals surface area contributed by atoms with E-state index >= 15 is 0 Å². The zero-order valence-corrected chi connectivity index (χ0v) is 13.0. The Labute approximate surface area is 144 Å². The quantitative estimate of drug-likeness (QED) is 0.494. The van der Waals surface area contributed by atoms with Gasteiger partial charge in [0.25, 0.3) is 11.6 Å². The maximum Gasteiger partial charge on any atom is 0.340 e. The number of nitro benzene ring substituents is 1. The molecular formula is C15H9ClF2N2O5. The Balaban J connectivity index is 1.98. The predicted molar refractivity (Wildman–Crippen MR) is 83.4 cm³/mol. The molecule has 0 saturated carbocycles. The first-order chi connectivity index (χ1) is 11.8. The van der Waals surface area contributed by atoms with Crippen molar-refractivity contribution in [3.63, 3.8) is 0 Å². The van der Waals surface area contributed by atoms with Crippen LogP contribution in [0.2, 0.25) is 5.02 Å². The molecule has 130 valence electrons. The summed E-state index contributed by atoms with van der Waals surface area (Å²) in [5.41, 5.74) is -0.910. The zero-order chi connectivity index (χ0) is 18.6. The number of non-ortho nitro benzene ring substituents is 1. The molecule has 0 bridgehead atoms. The molecule has 0 radical (unpaired) electrons. The number of anilines is 1. The van der Waals surface area contributed by atoms with Gasteiger partial charge in [-0.05, 0) is 18.2 Å². The van der Waals surface area contributed by atoms with Crippen LogP contribution in [0.1, 0.15) is 10.4 Å². The number of esters is 1. The number of ether oxygens (including phenoxy) is 1. The van der Waals surface area contributed by atoms with Crippen LogP contribution in [0.25, 0.3) is 0 Å². The van der Waals surface area contributed by atoms with Crippen LogP contribution in [0.4, 0.5) is 20.2 Å². The van der Waals surface area contributed by atoms with Gasteiger partial charge in [0.05, 0.1) is 21.2 Å². The second-order valence-electron chi connectivity index (χ2n) is 4.67. The van der Waals surface area contributed by atoms with E-state index in [9.17, 15) is 28.5 Å². The van der Waals surface area contributed by atoms with Gasteiger partial charge in [0.15, 0.2) is 6.61 Å². The van der Waals surface area contributed by atoms with Gasteiger partial charge in [-0.25, -0.2) is 13.6 Å². The Hall–Kier alpha value is -3.07. The Morgan fingerprint density at radius 2 is 1.92 bits per heavy atom. The van der Waals surface area contributed by atoms with Crippen LogP contribution < -0.4 is 5.32 Å². The van der Waals surface area contributed by atoms with Crippen LogP contribution in [-0.2, 0) is 9.53 Å². The minimum atomic E-state index is -1.00. The van der Waals surface area contributed by atoms with Crippen molar-refractivity contribution in [3.05, 3.63) is 68.7 Å². The summed E-state index contributed by atoms with van der Waals surface area (Å²) in [7, 11) is 0. The highest BCUT2D eigenvalue weighted by atomic mass is 35.5. The Morgan fingerprint density at radius 1 is 1.20 bits per heavy atom. The fourth-order valence-corrected chi connectivity index (χ4v) is 2.02. The average Bonchev–Trinajstić information content (AvgIpc) is 2.55. The molecular weight excluding hydrogens is 362 g/mol. The van der Waals surface area contributed by atoms with Crippen LogP contribution in [0.5, 0.6) is 0 Å². The smallest absolute Gasteiger partial charge is 0.340 e. The van der Waals surface area contributed by atoms with E-state index in [1.165, 1.54) is 0 Å². The number of hydrogen-bond acceptors (Lipinski definition) is 5. The summed E-state index contributed by atoms with van der Waals surface area (Å²) < 4.78 is 31.1. The summed E-state index contributed by atoms with van der Waals surface area (Å²) >= 11 is 5.75. The normalized spacial score (nSPS) is 10.2. The summed E-state index contributed by atoms with van der Waals surface area (Å²) in [6.45, 7) is -0.790. The molecule has 0 aliphatic carbocycles. The molecule has 0 fully saturated rings. The second kappa shape index (κ2) is 7.67. The number of carbonyl (C=O) groups is 2. The van der Waals surface area contributed by atoms with Gasteiger partial charge in [-0.3, -0.25) is 14.9 Å². The van der Waals surface area contributed by atoms with Gasteiger partial charge >= 0.3 is 5.97 Å². The van der Waals surface area contributed by atoms with Crippen molar-refractivity contribution in [1.29, 1.82) is 0 Å². The van der Waals surface area contributed by atoms with Gasteiger partial charge in [-0.1, -0.05) is 11.6 Å². The van der Waals surface area contributed by atoms with Crippen molar-refractivity contribution in [1.82, 2.24) is 0 Å². The lowest BCUT2D eigenvalue weighted by molar-refractivity contribution is -0.384. The number of benzene rings is 2. The van der Waals surface area contributed by atoms with Crippen molar-refractivity contribution in [2.45, 2.75) is 0 Å². The Kier molecular flexibility index (Phi) is 5.60. The number of amides is 1. The molecule has 10 heteroatoms. The molecule has 7 nitrogen and oxygen atoms in total. The Morgan fingerprint density at radius 3 is 2.56 bits per heavy atom. The summed E-state index contributed by atoms with van der Waals surface area (Å²) in [5.74, 6) is -3.53. The summed E-state index contributed by atoms with van der Waals surface area (Å²) in [5, 5.41) is 12.4. The van der Waals surface area contributed by atoms with E-state index < -0.39 is 40.7 Å². The van der Waals surface area contributed by atoms with Gasteiger partial charge < -0.3 is 10.1 Å². The van der Waals surface area contributed by atoms with Crippen LogP contribution in [0.15, 0.2) is 36.4 Å². The SMILES string of the molecule is O=C(COC(=O)c1ccc([N+](=O)[O-])cc1Cl)Nc1cc(F)ccc1F. The number of halogens is 3. The highest BCUT2D eigenvalue weighted by Crippen LogP contribution is 2.23. The highest BCUT2D eigenvalue weighted by Gasteiger charge is 2.17. The maximum absolute atomic E-state index is 13.4. The van der Waals surface area contributed by atoms with Crippen molar-refractivity contribution in [2.24, 2.45) is 0 Å². The second-order valence-corrected chi connectivity index (χ2v) is 5.08. The lowest BCUT2D eigenvalue weighted by Crippen LogP contribution is -2.21. The number of nitro groups is 1. The minimum absolute atomic E-state index is 0.183. The lowest BCUT2D eigenvalue weighted by atomic mass is 10.2. The maximum atomic E-state index is 13.4. The largest absolute Gasteiger partial charge is 0.452 e. The third-order valence-corrected chi connectivity index (χ3v) is 3.23. The fraction of sp³-hybridized carbons (Fsp3) is 0.0667. The van der Waals surface area contributed by atoms with Crippen molar-refractivity contribution >= 4 is 34.9 Å². The van der Waals surface area contributed by atoms with E-state index in [1.807, 2.05) is 5.32 Å². The third kappa shape index (κ3) is 4.70. The van der Waals surface area contributed by atoms with E-state index in [-0.39, 0.29) is 16.3 Å². The molecule has 0 aliphatic rings. The number of nitrogens with one attached hydrogen (secondary N) is 1. The molecule has 2 aromatic rings. The molecule has 2 aromatic carbocycles. The van der Waals surface area contributed by atoms with Gasteiger partial charge in [0.2, 0.25) is 0 Å². The van der Waals surface area contributed by atoms with Gasteiger partial charge in [0, 0.05) is 18.2 Å². The van der Waals surface area contributed by atoms with Crippen LogP contribution in [0, 0.1) is 21.7 Å². The standard InChI is InChI=1S/C15H9ClF2N2O5/c16-11-6-9(20(23)24)2-3-10(11)15(22)25-7-14(21)19-13-5-8(17)1-4-12(13)18/h1-6H,7H2,(H,19,21). The molecule has 0 atom stereocenters. The summed E-state index contributed by atoms with van der Waals surface area (Å²) in [6, 6.07) is 5.55. The first-order valence-electron chi connectivity index (χ1n) is 6.64. The molecule has 0 aliphatic heterocycles. The number of rotatable bonds is 5. The van der Waals surface area contributed by atoms with Crippen LogP contribution in [-0.4, -0.2) is 23.4 Å². The first kappa shape index (κ1) is 18.3. The monoisotopic (exact) mass is 370 g/mol. The van der Waals surface area contributed by atoms with E-state index in [2.05, 4.69) is 0 Å². The molecule has 0 unspecified atom stereocenters. The molecule has 1 N–H and O–H groups in total. The molecule has 1 amide bonds. The molecule has 0 saturated heterocycles. The van der Waals surface area contributed by atoms with Crippen LogP contribution >= 0.6 is 11.6 Å². The van der Waals surface area contributed by atoms with Crippen LogP contribution in [0.3, 0.4) is 0 Å². The number of carbonyl (C=O) groups excluding carboxylic acids is 2. The Bertz CT molecular complexity index is 860. The first-order valence-corrected chi connectivity index (χ1v) is 7.01. The highest BCUT2D eigenvalue weighted by molar-refractivity contribution is 6.33. The van der Waals surface area contributed by atoms with E-state index in [0.717, 1.165) is 36.4 Å². The molecule has 25 heavy (non-hydrogen) atoms. The van der Waals surface area contributed by atoms with Crippen molar-refractivity contribution < 1.29 is 28.0 Å². The van der Waals surface area contributed by atoms with Gasteiger partial charge in [-0.15, -0.1) is 0 Å². The molecule has 0 spiro atoms. The van der Waals surface area contributed by atoms with Gasteiger partial charge in [0.1, 0.15) is 11.6 Å². The van der Waals surface area contributed by atoms with E-state index in [0.29, 0.717) is 0 Å². The van der Waals surface area contributed by atoms with E-state index in [1.54, 1.807) is 0 Å². The van der Waals surface area contributed by atoms with Crippen molar-refractivity contribution in [2.75, 3.05) is 11.9 Å². The lowest BCUT2D eigenvalue weighted by Gasteiger charge is -2.08. The molecule has 0 heterocycles. The summed E-state index contributed by atoms with van der Waals surface area (Å²) in [6.07, 6.45) is 0. The topological polar surface area (TPSA) is 98.5 Å². The van der Waals surface area contributed by atoms with Gasteiger partial charge in [-0.2, -0.15) is 0 Å². The predicted octanol–water partition coefficient (Wildman–Crippen LogP) is 3.32. The molecule has 0 aromatic heterocycles. The zero-order valence-electron chi connectivity index (χ0n) is 12.3. The summed E-state index contributed by atoms with van der Waals surface area (Å²) in [4.78, 5) is 33.4. The molecule has 2 rings (SSSR count). The number of nitrogens with zero attached hydrogens (tertiary/aromatic N) is 1. The van der Waals surface area contributed by atoms with Crippen molar-refractivity contribution in [3.8, 4) is 0 Å². The third-order valence-electron chi connectivity index (χ3n) is 2.92. The number of hydrogen-bond donors (Lipinski definition) is 1.